The van der Waals surface area contributed by atoms with Gasteiger partial charge in [-0.3, -0.25) is 4.98 Å². The topological polar surface area (TPSA) is 31.4 Å². The molecule has 0 saturated carbocycles. The Kier molecular flexibility index (Phi) is 3.69. The van der Waals surface area contributed by atoms with Crippen molar-refractivity contribution in [3.8, 4) is 22.8 Å². The van der Waals surface area contributed by atoms with Gasteiger partial charge in [0.2, 0.25) is 0 Å². The Morgan fingerprint density at radius 1 is 0.958 bits per heavy atom. The smallest absolute Gasteiger partial charge is 0.170 e. The average Bonchev–Trinajstić information content (AvgIpc) is 2.98. The zero-order valence-corrected chi connectivity index (χ0v) is 13.9. The van der Waals surface area contributed by atoms with E-state index in [-0.39, 0.29) is 0 Å². The van der Waals surface area contributed by atoms with Gasteiger partial charge in [-0.2, -0.15) is 0 Å². The van der Waals surface area contributed by atoms with Gasteiger partial charge in [0, 0.05) is 17.7 Å². The molecule has 0 N–H and O–H groups in total. The van der Waals surface area contributed by atoms with E-state index in [4.69, 9.17) is 14.5 Å². The lowest BCUT2D eigenvalue weighted by molar-refractivity contribution is 0.285. The Morgan fingerprint density at radius 3 is 2.54 bits per heavy atom. The van der Waals surface area contributed by atoms with Crippen molar-refractivity contribution < 1.29 is 9.47 Å². The molecule has 0 aliphatic heterocycles. The number of benzene rings is 2. The zero-order valence-electron chi connectivity index (χ0n) is 13.9. The summed E-state index contributed by atoms with van der Waals surface area (Å²) in [5.41, 5.74) is 6.73. The second kappa shape index (κ2) is 6.00. The molecule has 1 aliphatic rings. The maximum absolute atomic E-state index is 6.03. The SMILES string of the molecule is COc1c(OCc2ccccc2)ccc2c1-c1nc(C)ccc1C2. The van der Waals surface area contributed by atoms with Crippen LogP contribution in [0.25, 0.3) is 11.3 Å². The number of fused-ring (bicyclic) bond motifs is 3. The minimum atomic E-state index is 0.518. The first-order valence-corrected chi connectivity index (χ1v) is 8.10. The first-order valence-electron chi connectivity index (χ1n) is 8.10. The standard InChI is InChI=1S/C21H19NO2/c1-14-8-9-17-12-16-10-11-18(21(23-2)19(16)20(17)22-14)24-13-15-6-4-3-5-7-15/h3-11H,12-13H2,1-2H3. The van der Waals surface area contributed by atoms with Crippen LogP contribution in [0.3, 0.4) is 0 Å². The molecule has 2 aromatic carbocycles. The molecular weight excluding hydrogens is 298 g/mol. The van der Waals surface area contributed by atoms with Gasteiger partial charge in [0.1, 0.15) is 6.61 Å². The number of ether oxygens (including phenoxy) is 2. The van der Waals surface area contributed by atoms with Gasteiger partial charge in [-0.05, 0) is 35.7 Å². The van der Waals surface area contributed by atoms with Crippen LogP contribution in [-0.4, -0.2) is 12.1 Å². The Hall–Kier alpha value is -2.81. The highest BCUT2D eigenvalue weighted by Gasteiger charge is 2.26. The van der Waals surface area contributed by atoms with Gasteiger partial charge >= 0.3 is 0 Å². The Bertz CT molecular complexity index is 888. The molecular formula is C21H19NO2. The van der Waals surface area contributed by atoms with Crippen LogP contribution < -0.4 is 9.47 Å². The molecule has 0 saturated heterocycles. The lowest BCUT2D eigenvalue weighted by atomic mass is 10.1. The number of aromatic nitrogens is 1. The van der Waals surface area contributed by atoms with E-state index in [1.807, 2.05) is 31.2 Å². The van der Waals surface area contributed by atoms with Crippen LogP contribution in [0.5, 0.6) is 11.5 Å². The highest BCUT2D eigenvalue weighted by molar-refractivity contribution is 5.81. The fraction of sp³-hybridized carbons (Fsp3) is 0.190. The minimum absolute atomic E-state index is 0.518. The summed E-state index contributed by atoms with van der Waals surface area (Å²) in [6.45, 7) is 2.53. The quantitative estimate of drug-likeness (QED) is 0.553. The molecule has 3 nitrogen and oxygen atoms in total. The summed E-state index contributed by atoms with van der Waals surface area (Å²) in [6, 6.07) is 18.5. The first-order chi connectivity index (χ1) is 11.8. The van der Waals surface area contributed by atoms with Gasteiger partial charge in [0.15, 0.2) is 11.5 Å². The fourth-order valence-electron chi connectivity index (χ4n) is 3.21. The number of methoxy groups -OCH3 is 1. The third-order valence-corrected chi connectivity index (χ3v) is 4.38. The summed E-state index contributed by atoms with van der Waals surface area (Å²) in [5.74, 6) is 1.54. The van der Waals surface area contributed by atoms with Gasteiger partial charge in [0.25, 0.3) is 0 Å². The van der Waals surface area contributed by atoms with Crippen molar-refractivity contribution in [2.75, 3.05) is 7.11 Å². The van der Waals surface area contributed by atoms with Crippen molar-refractivity contribution >= 4 is 0 Å². The number of pyridine rings is 1. The molecule has 1 aliphatic carbocycles. The Balaban J connectivity index is 1.72. The van der Waals surface area contributed by atoms with E-state index < -0.39 is 0 Å². The van der Waals surface area contributed by atoms with Gasteiger partial charge in [-0.25, -0.2) is 0 Å². The molecule has 120 valence electrons. The van der Waals surface area contributed by atoms with Crippen LogP contribution in [0.1, 0.15) is 22.4 Å². The summed E-state index contributed by atoms with van der Waals surface area (Å²) in [4.78, 5) is 4.73. The molecule has 0 fully saturated rings. The largest absolute Gasteiger partial charge is 0.492 e. The number of rotatable bonds is 4. The summed E-state index contributed by atoms with van der Waals surface area (Å²) in [6.07, 6.45) is 0.896. The highest BCUT2D eigenvalue weighted by Crippen LogP contribution is 2.46. The monoisotopic (exact) mass is 317 g/mol. The second-order valence-electron chi connectivity index (χ2n) is 6.04. The van der Waals surface area contributed by atoms with Gasteiger partial charge in [0.05, 0.1) is 12.8 Å². The molecule has 0 bridgehead atoms. The van der Waals surface area contributed by atoms with E-state index in [1.54, 1.807) is 7.11 Å². The Morgan fingerprint density at radius 2 is 1.75 bits per heavy atom. The summed E-state index contributed by atoms with van der Waals surface area (Å²) >= 11 is 0. The van der Waals surface area contributed by atoms with Gasteiger partial charge < -0.3 is 9.47 Å². The van der Waals surface area contributed by atoms with E-state index >= 15 is 0 Å². The van der Waals surface area contributed by atoms with Crippen molar-refractivity contribution in [3.05, 3.63) is 77.0 Å². The average molecular weight is 317 g/mol. The van der Waals surface area contributed by atoms with Gasteiger partial charge in [-0.15, -0.1) is 0 Å². The molecule has 0 radical (unpaired) electrons. The van der Waals surface area contributed by atoms with E-state index in [0.717, 1.165) is 40.4 Å². The summed E-state index contributed by atoms with van der Waals surface area (Å²) in [7, 11) is 1.69. The molecule has 1 aromatic heterocycles. The van der Waals surface area contributed by atoms with Crippen LogP contribution in [0.2, 0.25) is 0 Å². The van der Waals surface area contributed by atoms with Crippen LogP contribution in [0.15, 0.2) is 54.6 Å². The lowest BCUT2D eigenvalue weighted by Gasteiger charge is -2.14. The van der Waals surface area contributed by atoms with Crippen LogP contribution in [0, 0.1) is 6.92 Å². The van der Waals surface area contributed by atoms with Crippen LogP contribution in [-0.2, 0) is 13.0 Å². The van der Waals surface area contributed by atoms with Crippen molar-refractivity contribution in [2.24, 2.45) is 0 Å². The predicted octanol–water partition coefficient (Wildman–Crippen LogP) is 4.55. The minimum Gasteiger partial charge on any atom is -0.492 e. The molecule has 0 spiro atoms. The number of nitrogens with zero attached hydrogens (tertiary/aromatic N) is 1. The fourth-order valence-corrected chi connectivity index (χ4v) is 3.21. The lowest BCUT2D eigenvalue weighted by Crippen LogP contribution is -1.99. The van der Waals surface area contributed by atoms with E-state index in [0.29, 0.717) is 6.61 Å². The van der Waals surface area contributed by atoms with Crippen LogP contribution >= 0.6 is 0 Å². The third-order valence-electron chi connectivity index (χ3n) is 4.38. The Labute approximate surface area is 141 Å². The normalized spacial score (nSPS) is 11.8. The number of hydrogen-bond acceptors (Lipinski definition) is 3. The van der Waals surface area contributed by atoms with Crippen molar-refractivity contribution in [3.63, 3.8) is 0 Å². The summed E-state index contributed by atoms with van der Waals surface area (Å²) < 4.78 is 11.7. The molecule has 3 heteroatoms. The van der Waals surface area contributed by atoms with Crippen molar-refractivity contribution in [1.29, 1.82) is 0 Å². The molecule has 1 heterocycles. The van der Waals surface area contributed by atoms with E-state index in [1.165, 1.54) is 11.1 Å². The van der Waals surface area contributed by atoms with Crippen molar-refractivity contribution in [2.45, 2.75) is 20.0 Å². The molecule has 0 unspecified atom stereocenters. The molecule has 24 heavy (non-hydrogen) atoms. The number of aryl methyl sites for hydroxylation is 1. The molecule has 4 rings (SSSR count). The molecule has 0 amide bonds. The zero-order chi connectivity index (χ0) is 16.5. The second-order valence-corrected chi connectivity index (χ2v) is 6.04. The van der Waals surface area contributed by atoms with Gasteiger partial charge in [-0.1, -0.05) is 42.5 Å². The molecule has 0 atom stereocenters. The number of hydrogen-bond donors (Lipinski definition) is 0. The maximum Gasteiger partial charge on any atom is 0.170 e. The molecule has 3 aromatic rings. The van der Waals surface area contributed by atoms with Crippen molar-refractivity contribution in [1.82, 2.24) is 4.98 Å². The third kappa shape index (κ3) is 2.52. The highest BCUT2D eigenvalue weighted by atomic mass is 16.5. The first kappa shape index (κ1) is 14.8. The summed E-state index contributed by atoms with van der Waals surface area (Å²) in [5, 5.41) is 0. The van der Waals surface area contributed by atoms with Crippen LogP contribution in [0.4, 0.5) is 0 Å². The van der Waals surface area contributed by atoms with E-state index in [9.17, 15) is 0 Å². The predicted molar refractivity (Wildman–Crippen MR) is 94.5 cm³/mol. The maximum atomic E-state index is 6.03. The van der Waals surface area contributed by atoms with E-state index in [2.05, 4.69) is 30.3 Å².